The van der Waals surface area contributed by atoms with Gasteiger partial charge in [0.1, 0.15) is 12.0 Å². The van der Waals surface area contributed by atoms with Crippen LogP contribution in [0.3, 0.4) is 0 Å². The molecule has 0 heterocycles. The van der Waals surface area contributed by atoms with E-state index in [1.54, 1.807) is 24.3 Å². The number of nitrogens with zero attached hydrogens (tertiary/aromatic N) is 1. The number of carbonyl (C=O) groups excluding carboxylic acids is 1. The predicted molar refractivity (Wildman–Crippen MR) is 67.2 cm³/mol. The van der Waals surface area contributed by atoms with E-state index in [1.165, 1.54) is 14.0 Å². The van der Waals surface area contributed by atoms with Gasteiger partial charge in [0, 0.05) is 19.1 Å². The van der Waals surface area contributed by atoms with Gasteiger partial charge >= 0.3 is 5.97 Å². The van der Waals surface area contributed by atoms with Crippen molar-refractivity contribution in [1.29, 1.82) is 5.26 Å². The van der Waals surface area contributed by atoms with Crippen LogP contribution in [0.5, 0.6) is 0 Å². The summed E-state index contributed by atoms with van der Waals surface area (Å²) in [6.07, 6.45) is -0.626. The first kappa shape index (κ1) is 14.5. The normalized spacial score (nSPS) is 13.4. The minimum atomic E-state index is -0.626. The molecule has 0 saturated heterocycles. The zero-order chi connectivity index (χ0) is 13.5. The molecule has 0 aliphatic heterocycles. The van der Waals surface area contributed by atoms with Crippen molar-refractivity contribution in [3.05, 3.63) is 34.9 Å². The highest BCUT2D eigenvalue weighted by Gasteiger charge is 2.25. The Labute approximate surface area is 111 Å². The van der Waals surface area contributed by atoms with Gasteiger partial charge in [-0.3, -0.25) is 4.79 Å². The zero-order valence-corrected chi connectivity index (χ0v) is 11.0. The molecule has 0 aromatic heterocycles. The van der Waals surface area contributed by atoms with Crippen molar-refractivity contribution in [3.8, 4) is 6.07 Å². The molecule has 0 aliphatic rings. The first-order valence-electron chi connectivity index (χ1n) is 5.39. The van der Waals surface area contributed by atoms with Gasteiger partial charge in [-0.05, 0) is 17.7 Å². The second-order valence-electron chi connectivity index (χ2n) is 3.76. The van der Waals surface area contributed by atoms with E-state index in [1.807, 2.05) is 0 Å². The number of halogens is 1. The zero-order valence-electron chi connectivity index (χ0n) is 10.2. The van der Waals surface area contributed by atoms with Crippen LogP contribution in [0.25, 0.3) is 0 Å². The molecule has 0 N–H and O–H groups in total. The molecule has 0 radical (unpaired) electrons. The number of hydrogen-bond acceptors (Lipinski definition) is 4. The molecule has 1 rings (SSSR count). The molecule has 0 amide bonds. The molecule has 1 aromatic carbocycles. The Bertz CT molecular complexity index is 439. The Morgan fingerprint density at radius 2 is 2.06 bits per heavy atom. The van der Waals surface area contributed by atoms with E-state index in [2.05, 4.69) is 6.07 Å². The lowest BCUT2D eigenvalue weighted by atomic mass is 9.95. The van der Waals surface area contributed by atoms with Crippen LogP contribution in [0, 0.1) is 11.3 Å². The van der Waals surface area contributed by atoms with Crippen molar-refractivity contribution in [3.63, 3.8) is 0 Å². The Morgan fingerprint density at radius 1 is 1.44 bits per heavy atom. The minimum Gasteiger partial charge on any atom is -0.458 e. The summed E-state index contributed by atoms with van der Waals surface area (Å²) in [6, 6.07) is 8.99. The third-order valence-corrected chi connectivity index (χ3v) is 2.64. The summed E-state index contributed by atoms with van der Waals surface area (Å²) >= 11 is 5.79. The number of rotatable bonds is 5. The molecule has 0 saturated carbocycles. The highest BCUT2D eigenvalue weighted by molar-refractivity contribution is 6.30. The molecular weight excluding hydrogens is 254 g/mol. The third-order valence-electron chi connectivity index (χ3n) is 2.39. The summed E-state index contributed by atoms with van der Waals surface area (Å²) in [6.45, 7) is 1.47. The highest BCUT2D eigenvalue weighted by Crippen LogP contribution is 2.23. The first-order chi connectivity index (χ1) is 8.58. The Morgan fingerprint density at radius 3 is 2.50 bits per heavy atom. The highest BCUT2D eigenvalue weighted by atomic mass is 35.5. The third kappa shape index (κ3) is 4.02. The molecule has 4 nitrogen and oxygen atoms in total. The summed E-state index contributed by atoms with van der Waals surface area (Å²) in [5, 5.41) is 9.82. The van der Waals surface area contributed by atoms with Gasteiger partial charge in [-0.25, -0.2) is 0 Å². The fourth-order valence-electron chi connectivity index (χ4n) is 1.62. The molecular formula is C13H14ClNO3. The number of ether oxygens (including phenoxy) is 2. The van der Waals surface area contributed by atoms with Crippen LogP contribution in [-0.2, 0) is 14.3 Å². The standard InChI is InChI=1S/C13H14ClNO3/c1-9(16)18-13(8-17-2)12(7-15)10-3-5-11(14)6-4-10/h3-6,12-13H,8H2,1-2H3. The van der Waals surface area contributed by atoms with Crippen LogP contribution in [-0.4, -0.2) is 25.8 Å². The largest absolute Gasteiger partial charge is 0.458 e. The van der Waals surface area contributed by atoms with Crippen LogP contribution in [0.2, 0.25) is 5.02 Å². The lowest BCUT2D eigenvalue weighted by Gasteiger charge is -2.21. The summed E-state index contributed by atoms with van der Waals surface area (Å²) < 4.78 is 10.1. The van der Waals surface area contributed by atoms with Gasteiger partial charge in [0.25, 0.3) is 0 Å². The van der Waals surface area contributed by atoms with Gasteiger partial charge in [0.05, 0.1) is 12.7 Å². The molecule has 0 fully saturated rings. The first-order valence-corrected chi connectivity index (χ1v) is 5.77. The smallest absolute Gasteiger partial charge is 0.303 e. The molecule has 96 valence electrons. The molecule has 0 bridgehead atoms. The van der Waals surface area contributed by atoms with Gasteiger partial charge in [-0.2, -0.15) is 5.26 Å². The van der Waals surface area contributed by atoms with E-state index >= 15 is 0 Å². The summed E-state index contributed by atoms with van der Waals surface area (Å²) in [5.41, 5.74) is 0.741. The predicted octanol–water partition coefficient (Wildman–Crippen LogP) is 2.53. The van der Waals surface area contributed by atoms with E-state index < -0.39 is 18.0 Å². The van der Waals surface area contributed by atoms with Gasteiger partial charge < -0.3 is 9.47 Å². The monoisotopic (exact) mass is 267 g/mol. The number of hydrogen-bond donors (Lipinski definition) is 0. The molecule has 5 heteroatoms. The van der Waals surface area contributed by atoms with Crippen LogP contribution < -0.4 is 0 Å². The topological polar surface area (TPSA) is 59.3 Å². The minimum absolute atomic E-state index is 0.167. The second kappa shape index (κ2) is 7.00. The van der Waals surface area contributed by atoms with E-state index in [4.69, 9.17) is 21.1 Å². The number of esters is 1. The molecule has 2 atom stereocenters. The second-order valence-corrected chi connectivity index (χ2v) is 4.20. The van der Waals surface area contributed by atoms with Gasteiger partial charge in [0.2, 0.25) is 0 Å². The van der Waals surface area contributed by atoms with Gasteiger partial charge in [0.15, 0.2) is 0 Å². The Hall–Kier alpha value is -1.57. The average Bonchev–Trinajstić information content (AvgIpc) is 2.32. The lowest BCUT2D eigenvalue weighted by Crippen LogP contribution is -2.28. The molecule has 0 aliphatic carbocycles. The van der Waals surface area contributed by atoms with Crippen LogP contribution in [0.15, 0.2) is 24.3 Å². The van der Waals surface area contributed by atoms with Gasteiger partial charge in [-0.1, -0.05) is 23.7 Å². The molecule has 0 spiro atoms. The molecule has 1 aromatic rings. The van der Waals surface area contributed by atoms with Crippen molar-refractivity contribution < 1.29 is 14.3 Å². The average molecular weight is 268 g/mol. The lowest BCUT2D eigenvalue weighted by molar-refractivity contribution is -0.149. The maximum atomic E-state index is 11.0. The number of benzene rings is 1. The van der Waals surface area contributed by atoms with Crippen molar-refractivity contribution in [1.82, 2.24) is 0 Å². The number of nitriles is 1. The fraction of sp³-hybridized carbons (Fsp3) is 0.385. The van der Waals surface area contributed by atoms with Crippen LogP contribution in [0.4, 0.5) is 0 Å². The Balaban J connectivity index is 2.94. The SMILES string of the molecule is COCC(OC(C)=O)C(C#N)c1ccc(Cl)cc1. The summed E-state index contributed by atoms with van der Waals surface area (Å²) in [5.74, 6) is -1.02. The maximum Gasteiger partial charge on any atom is 0.303 e. The van der Waals surface area contributed by atoms with E-state index in [0.717, 1.165) is 5.56 Å². The van der Waals surface area contributed by atoms with Crippen molar-refractivity contribution >= 4 is 17.6 Å². The van der Waals surface area contributed by atoms with Crippen molar-refractivity contribution in [2.75, 3.05) is 13.7 Å². The van der Waals surface area contributed by atoms with Gasteiger partial charge in [-0.15, -0.1) is 0 Å². The summed E-state index contributed by atoms with van der Waals surface area (Å²) in [7, 11) is 1.49. The van der Waals surface area contributed by atoms with E-state index in [0.29, 0.717) is 5.02 Å². The van der Waals surface area contributed by atoms with E-state index in [-0.39, 0.29) is 6.61 Å². The van der Waals surface area contributed by atoms with Crippen LogP contribution in [0.1, 0.15) is 18.4 Å². The fourth-order valence-corrected chi connectivity index (χ4v) is 1.74. The van der Waals surface area contributed by atoms with Crippen molar-refractivity contribution in [2.24, 2.45) is 0 Å². The quantitative estimate of drug-likeness (QED) is 0.769. The molecule has 18 heavy (non-hydrogen) atoms. The summed E-state index contributed by atoms with van der Waals surface area (Å²) in [4.78, 5) is 11.0. The van der Waals surface area contributed by atoms with Crippen LogP contribution >= 0.6 is 11.6 Å². The van der Waals surface area contributed by atoms with Crippen molar-refractivity contribution in [2.45, 2.75) is 18.9 Å². The molecule has 2 unspecified atom stereocenters. The van der Waals surface area contributed by atoms with E-state index in [9.17, 15) is 10.1 Å². The maximum absolute atomic E-state index is 11.0. The Kier molecular flexibility index (Phi) is 5.63. The number of methoxy groups -OCH3 is 1. The number of carbonyl (C=O) groups is 1.